The van der Waals surface area contributed by atoms with Gasteiger partial charge in [0.1, 0.15) is 5.25 Å². The standard InChI is InChI=1S/C7H12O2S/c1-4-3-9-7(8)6(10)5(4)2/h4-6,10H,3H2,1-2H3. The van der Waals surface area contributed by atoms with Crippen LogP contribution in [0.5, 0.6) is 0 Å². The van der Waals surface area contributed by atoms with E-state index in [0.717, 1.165) is 0 Å². The Morgan fingerprint density at radius 3 is 2.70 bits per heavy atom. The Morgan fingerprint density at radius 1 is 1.60 bits per heavy atom. The summed E-state index contributed by atoms with van der Waals surface area (Å²) in [5.74, 6) is 0.610. The zero-order valence-corrected chi connectivity index (χ0v) is 7.10. The second-order valence-corrected chi connectivity index (χ2v) is 3.47. The second kappa shape index (κ2) is 2.82. The van der Waals surface area contributed by atoms with Gasteiger partial charge in [-0.1, -0.05) is 13.8 Å². The summed E-state index contributed by atoms with van der Waals surface area (Å²) in [6.45, 7) is 4.65. The molecule has 1 rings (SSSR count). The van der Waals surface area contributed by atoms with Crippen LogP contribution < -0.4 is 0 Å². The van der Waals surface area contributed by atoms with Crippen molar-refractivity contribution in [1.82, 2.24) is 0 Å². The summed E-state index contributed by atoms with van der Waals surface area (Å²) in [7, 11) is 0. The average Bonchev–Trinajstić information content (AvgIpc) is 1.93. The highest BCUT2D eigenvalue weighted by Gasteiger charge is 2.32. The molecular weight excluding hydrogens is 148 g/mol. The topological polar surface area (TPSA) is 26.3 Å². The monoisotopic (exact) mass is 160 g/mol. The molecule has 1 saturated heterocycles. The number of cyclic esters (lactones) is 1. The molecule has 0 aromatic heterocycles. The average molecular weight is 160 g/mol. The number of esters is 1. The molecule has 0 bridgehead atoms. The lowest BCUT2D eigenvalue weighted by atomic mass is 9.91. The molecule has 0 aliphatic carbocycles. The second-order valence-electron chi connectivity index (χ2n) is 2.91. The van der Waals surface area contributed by atoms with E-state index in [2.05, 4.69) is 19.6 Å². The highest BCUT2D eigenvalue weighted by Crippen LogP contribution is 2.25. The van der Waals surface area contributed by atoms with Gasteiger partial charge in [-0.3, -0.25) is 4.79 Å². The fraction of sp³-hybridized carbons (Fsp3) is 0.857. The third-order valence-electron chi connectivity index (χ3n) is 2.13. The van der Waals surface area contributed by atoms with Crippen molar-refractivity contribution < 1.29 is 9.53 Å². The Morgan fingerprint density at radius 2 is 2.20 bits per heavy atom. The lowest BCUT2D eigenvalue weighted by Crippen LogP contribution is -2.37. The lowest BCUT2D eigenvalue weighted by Gasteiger charge is -2.29. The molecule has 1 aliphatic rings. The van der Waals surface area contributed by atoms with Crippen molar-refractivity contribution in [1.29, 1.82) is 0 Å². The molecule has 1 heterocycles. The number of thiol groups is 1. The van der Waals surface area contributed by atoms with Gasteiger partial charge in [0.2, 0.25) is 0 Å². The molecule has 0 saturated carbocycles. The number of ether oxygens (including phenoxy) is 1. The van der Waals surface area contributed by atoms with Gasteiger partial charge in [-0.25, -0.2) is 0 Å². The van der Waals surface area contributed by atoms with Crippen molar-refractivity contribution in [3.63, 3.8) is 0 Å². The van der Waals surface area contributed by atoms with Gasteiger partial charge in [0.15, 0.2) is 0 Å². The molecular formula is C7H12O2S. The van der Waals surface area contributed by atoms with Crippen molar-refractivity contribution >= 4 is 18.6 Å². The maximum Gasteiger partial charge on any atom is 0.319 e. The fourth-order valence-corrected chi connectivity index (χ4v) is 1.34. The first kappa shape index (κ1) is 7.92. The Bertz CT molecular complexity index is 147. The molecule has 0 amide bonds. The summed E-state index contributed by atoms with van der Waals surface area (Å²) in [6.07, 6.45) is 0. The van der Waals surface area contributed by atoms with Crippen molar-refractivity contribution in [2.24, 2.45) is 11.8 Å². The van der Waals surface area contributed by atoms with E-state index in [-0.39, 0.29) is 11.2 Å². The van der Waals surface area contributed by atoms with Gasteiger partial charge in [0.05, 0.1) is 6.61 Å². The molecule has 1 aliphatic heterocycles. The zero-order chi connectivity index (χ0) is 7.72. The quantitative estimate of drug-likeness (QED) is 0.424. The molecule has 0 aromatic carbocycles. The molecule has 3 atom stereocenters. The number of carbonyl (C=O) groups is 1. The Balaban J connectivity index is 2.60. The van der Waals surface area contributed by atoms with Crippen molar-refractivity contribution in [3.05, 3.63) is 0 Å². The minimum Gasteiger partial charge on any atom is -0.465 e. The minimum atomic E-state index is -0.219. The summed E-state index contributed by atoms with van der Waals surface area (Å²) >= 11 is 4.14. The predicted octanol–water partition coefficient (Wildman–Crippen LogP) is 1.11. The summed E-state index contributed by atoms with van der Waals surface area (Å²) in [4.78, 5) is 10.9. The van der Waals surface area contributed by atoms with E-state index in [0.29, 0.717) is 18.4 Å². The van der Waals surface area contributed by atoms with Gasteiger partial charge in [-0.2, -0.15) is 12.6 Å². The van der Waals surface area contributed by atoms with Crippen LogP contribution in [0.3, 0.4) is 0 Å². The van der Waals surface area contributed by atoms with E-state index in [4.69, 9.17) is 4.74 Å². The SMILES string of the molecule is CC1COC(=O)C(S)C1C. The molecule has 10 heavy (non-hydrogen) atoms. The first-order valence-electron chi connectivity index (χ1n) is 3.47. The molecule has 3 unspecified atom stereocenters. The molecule has 2 nitrogen and oxygen atoms in total. The Labute approximate surface area is 66.4 Å². The third-order valence-corrected chi connectivity index (χ3v) is 2.81. The number of hydrogen-bond acceptors (Lipinski definition) is 3. The van der Waals surface area contributed by atoms with Crippen LogP contribution in [0, 0.1) is 11.8 Å². The van der Waals surface area contributed by atoms with Crippen LogP contribution in [0.1, 0.15) is 13.8 Å². The van der Waals surface area contributed by atoms with Crippen molar-refractivity contribution in [2.75, 3.05) is 6.61 Å². The van der Waals surface area contributed by atoms with Crippen LogP contribution >= 0.6 is 12.6 Å². The van der Waals surface area contributed by atoms with Crippen LogP contribution in [0.2, 0.25) is 0 Å². The van der Waals surface area contributed by atoms with E-state index in [1.807, 2.05) is 6.92 Å². The van der Waals surface area contributed by atoms with Gasteiger partial charge in [-0.05, 0) is 11.8 Å². The van der Waals surface area contributed by atoms with E-state index >= 15 is 0 Å². The first-order valence-corrected chi connectivity index (χ1v) is 3.99. The molecule has 0 radical (unpaired) electrons. The molecule has 0 spiro atoms. The number of carbonyl (C=O) groups excluding carboxylic acids is 1. The summed E-state index contributed by atoms with van der Waals surface area (Å²) < 4.78 is 4.86. The molecule has 58 valence electrons. The highest BCUT2D eigenvalue weighted by atomic mass is 32.1. The summed E-state index contributed by atoms with van der Waals surface area (Å²) in [5.41, 5.74) is 0. The Hall–Kier alpha value is -0.180. The highest BCUT2D eigenvalue weighted by molar-refractivity contribution is 7.81. The normalized spacial score (nSPS) is 41.1. The van der Waals surface area contributed by atoms with Crippen LogP contribution in [0.4, 0.5) is 0 Å². The number of hydrogen-bond donors (Lipinski definition) is 1. The predicted molar refractivity (Wildman–Crippen MR) is 42.1 cm³/mol. The van der Waals surface area contributed by atoms with E-state index in [1.165, 1.54) is 0 Å². The molecule has 0 N–H and O–H groups in total. The first-order chi connectivity index (χ1) is 4.63. The largest absolute Gasteiger partial charge is 0.465 e. The van der Waals surface area contributed by atoms with Crippen molar-refractivity contribution in [3.8, 4) is 0 Å². The maximum atomic E-state index is 10.9. The molecule has 1 fully saturated rings. The van der Waals surface area contributed by atoms with Crippen molar-refractivity contribution in [2.45, 2.75) is 19.1 Å². The maximum absolute atomic E-state index is 10.9. The zero-order valence-electron chi connectivity index (χ0n) is 6.20. The lowest BCUT2D eigenvalue weighted by molar-refractivity contribution is -0.150. The van der Waals surface area contributed by atoms with E-state index in [1.54, 1.807) is 0 Å². The smallest absolute Gasteiger partial charge is 0.319 e. The Kier molecular flexibility index (Phi) is 2.24. The summed E-state index contributed by atoms with van der Waals surface area (Å²) in [6, 6.07) is 0. The third kappa shape index (κ3) is 1.29. The van der Waals surface area contributed by atoms with Crippen LogP contribution in [-0.2, 0) is 9.53 Å². The van der Waals surface area contributed by atoms with Gasteiger partial charge < -0.3 is 4.74 Å². The molecule has 3 heteroatoms. The van der Waals surface area contributed by atoms with Crippen LogP contribution in [0.25, 0.3) is 0 Å². The van der Waals surface area contributed by atoms with E-state index < -0.39 is 0 Å². The summed E-state index contributed by atoms with van der Waals surface area (Å²) in [5, 5.41) is -0.219. The minimum absolute atomic E-state index is 0.172. The number of rotatable bonds is 0. The fourth-order valence-electron chi connectivity index (χ4n) is 0.977. The van der Waals surface area contributed by atoms with Gasteiger partial charge in [0.25, 0.3) is 0 Å². The van der Waals surface area contributed by atoms with Gasteiger partial charge >= 0.3 is 5.97 Å². The van der Waals surface area contributed by atoms with E-state index in [9.17, 15) is 4.79 Å². The van der Waals surface area contributed by atoms with Crippen LogP contribution in [-0.4, -0.2) is 17.8 Å². The van der Waals surface area contributed by atoms with Gasteiger partial charge in [0, 0.05) is 0 Å². The van der Waals surface area contributed by atoms with Gasteiger partial charge in [-0.15, -0.1) is 0 Å². The molecule has 0 aromatic rings. The van der Waals surface area contributed by atoms with Crippen LogP contribution in [0.15, 0.2) is 0 Å².